The first kappa shape index (κ1) is 21.6. The highest BCUT2D eigenvalue weighted by molar-refractivity contribution is 7.92. The zero-order valence-corrected chi connectivity index (χ0v) is 22.2. The summed E-state index contributed by atoms with van der Waals surface area (Å²) in [5.74, 6) is 2.97. The summed E-state index contributed by atoms with van der Waals surface area (Å²) >= 11 is 0. The molecule has 0 amide bonds. The van der Waals surface area contributed by atoms with E-state index in [0.717, 1.165) is 56.3 Å². The van der Waals surface area contributed by atoms with E-state index < -0.39 is 15.5 Å². The Labute approximate surface area is 234 Å². The number of rotatable bonds is 1. The van der Waals surface area contributed by atoms with Gasteiger partial charge in [0.1, 0.15) is 17.2 Å². The van der Waals surface area contributed by atoms with E-state index in [1.807, 2.05) is 79.0 Å². The van der Waals surface area contributed by atoms with Gasteiger partial charge in [-0.15, -0.1) is 4.68 Å². The number of pyridine rings is 1. The Balaban J connectivity index is 1.27. The van der Waals surface area contributed by atoms with Gasteiger partial charge in [0.05, 0.1) is 27.6 Å². The standard InChI is InChI=1S/C33H19N3O4S/c37-41(38)28-12-2-1-7-22(28)23-15-14-20(17-29(23)41)21-18-35-24-8-5-9-25-31(24)33(36(35)19-21)32-26(39-25)10-6-11-27(32)40-30-13-3-4-16-34(30)33/h1-19H/q+2. The van der Waals surface area contributed by atoms with Gasteiger partial charge >= 0.3 is 11.5 Å². The van der Waals surface area contributed by atoms with Crippen LogP contribution in [0.15, 0.2) is 125 Å². The van der Waals surface area contributed by atoms with Crippen molar-refractivity contribution < 1.29 is 27.1 Å². The highest BCUT2D eigenvalue weighted by Gasteiger charge is 2.71. The van der Waals surface area contributed by atoms with E-state index in [0.29, 0.717) is 15.7 Å². The zero-order chi connectivity index (χ0) is 27.1. The molecular formula is C33H19N3O4S+2. The van der Waals surface area contributed by atoms with E-state index in [9.17, 15) is 8.42 Å². The summed E-state index contributed by atoms with van der Waals surface area (Å²) in [7, 11) is -3.59. The molecule has 10 rings (SSSR count). The Morgan fingerprint density at radius 3 is 2.34 bits per heavy atom. The normalized spacial score (nSPS) is 18.6. The fourth-order valence-corrected chi connectivity index (χ4v) is 8.79. The van der Waals surface area contributed by atoms with Crippen molar-refractivity contribution in [3.63, 3.8) is 0 Å². The smallest absolute Gasteiger partial charge is 0.452 e. The number of sulfone groups is 1. The van der Waals surface area contributed by atoms with Gasteiger partial charge in [0.2, 0.25) is 16.0 Å². The van der Waals surface area contributed by atoms with Crippen molar-refractivity contribution in [2.45, 2.75) is 15.5 Å². The monoisotopic (exact) mass is 553 g/mol. The Hall–Kier alpha value is -5.21. The van der Waals surface area contributed by atoms with Gasteiger partial charge < -0.3 is 9.47 Å². The first-order valence-electron chi connectivity index (χ1n) is 13.3. The van der Waals surface area contributed by atoms with Crippen LogP contribution in [0.25, 0.3) is 27.9 Å². The Morgan fingerprint density at radius 2 is 1.44 bits per heavy atom. The van der Waals surface area contributed by atoms with Crippen LogP contribution in [-0.2, 0) is 15.5 Å². The minimum absolute atomic E-state index is 0.345. The number of hydrogen-bond acceptors (Lipinski definition) is 4. The van der Waals surface area contributed by atoms with Gasteiger partial charge in [0, 0.05) is 17.2 Å². The molecule has 0 radical (unpaired) electrons. The number of benzene rings is 4. The molecule has 0 saturated heterocycles. The zero-order valence-electron chi connectivity index (χ0n) is 21.4. The molecule has 0 aliphatic carbocycles. The van der Waals surface area contributed by atoms with Crippen LogP contribution in [-0.4, -0.2) is 13.1 Å². The topological polar surface area (TPSA) is 65.3 Å². The molecule has 41 heavy (non-hydrogen) atoms. The molecule has 0 N–H and O–H groups in total. The summed E-state index contributed by atoms with van der Waals surface area (Å²) in [6.45, 7) is 0. The number of nitrogens with zero attached hydrogens (tertiary/aromatic N) is 3. The molecule has 6 heterocycles. The number of ether oxygens (including phenoxy) is 2. The molecule has 1 atom stereocenters. The molecule has 7 nitrogen and oxygen atoms in total. The van der Waals surface area contributed by atoms with E-state index in [1.54, 1.807) is 18.2 Å². The number of hydrogen-bond donors (Lipinski definition) is 0. The molecule has 2 aromatic heterocycles. The fourth-order valence-electron chi connectivity index (χ4n) is 7.08. The van der Waals surface area contributed by atoms with E-state index in [-0.39, 0.29) is 0 Å². The molecule has 4 aliphatic heterocycles. The maximum Gasteiger partial charge on any atom is 0.452 e. The average molecular weight is 554 g/mol. The van der Waals surface area contributed by atoms with Gasteiger partial charge in [0.25, 0.3) is 0 Å². The Kier molecular flexibility index (Phi) is 3.64. The molecular weight excluding hydrogens is 534 g/mol. The lowest BCUT2D eigenvalue weighted by atomic mass is 9.85. The van der Waals surface area contributed by atoms with E-state index in [4.69, 9.17) is 9.47 Å². The van der Waals surface area contributed by atoms with Crippen LogP contribution < -0.4 is 18.7 Å². The van der Waals surface area contributed by atoms with Crippen LogP contribution in [0.4, 0.5) is 0 Å². The van der Waals surface area contributed by atoms with Crippen LogP contribution in [0.5, 0.6) is 23.1 Å². The van der Waals surface area contributed by atoms with Crippen molar-refractivity contribution in [1.82, 2.24) is 4.68 Å². The second kappa shape index (κ2) is 6.92. The van der Waals surface area contributed by atoms with Crippen molar-refractivity contribution in [1.29, 1.82) is 0 Å². The van der Waals surface area contributed by atoms with Gasteiger partial charge in [0.15, 0.2) is 23.1 Å². The number of aromatic nitrogens is 3. The molecule has 0 bridgehead atoms. The third-order valence-corrected chi connectivity index (χ3v) is 10.6. The van der Waals surface area contributed by atoms with E-state index in [2.05, 4.69) is 32.4 Å². The summed E-state index contributed by atoms with van der Waals surface area (Å²) in [5, 5.41) is 0. The second-order valence-corrected chi connectivity index (χ2v) is 12.6. The molecule has 0 fully saturated rings. The minimum Gasteiger partial charge on any atom is -0.455 e. The summed E-state index contributed by atoms with van der Waals surface area (Å²) in [6, 6.07) is 30.9. The number of fused-ring (bicyclic) bond motifs is 6. The maximum absolute atomic E-state index is 13.5. The maximum atomic E-state index is 13.5. The molecule has 6 aromatic rings. The first-order chi connectivity index (χ1) is 20.1. The largest absolute Gasteiger partial charge is 0.455 e. The van der Waals surface area contributed by atoms with Crippen molar-refractivity contribution in [3.05, 3.63) is 127 Å². The predicted octanol–water partition coefficient (Wildman–Crippen LogP) is 5.36. The molecule has 0 saturated carbocycles. The Morgan fingerprint density at radius 1 is 0.683 bits per heavy atom. The van der Waals surface area contributed by atoms with Crippen molar-refractivity contribution in [2.75, 3.05) is 0 Å². The molecule has 8 heteroatoms. The van der Waals surface area contributed by atoms with Crippen LogP contribution in [0.3, 0.4) is 0 Å². The fraction of sp³-hybridized carbons (Fsp3) is 0.0303. The van der Waals surface area contributed by atoms with Gasteiger partial charge in [-0.1, -0.05) is 47.0 Å². The molecule has 194 valence electrons. The molecule has 1 unspecified atom stereocenters. The van der Waals surface area contributed by atoms with Crippen LogP contribution in [0.2, 0.25) is 0 Å². The highest BCUT2D eigenvalue weighted by Crippen LogP contribution is 2.55. The highest BCUT2D eigenvalue weighted by atomic mass is 32.2. The summed E-state index contributed by atoms with van der Waals surface area (Å²) < 4.78 is 46.3. The lowest BCUT2D eigenvalue weighted by Crippen LogP contribution is -2.75. The summed E-state index contributed by atoms with van der Waals surface area (Å²) in [6.07, 6.45) is 6.21. The molecule has 4 aromatic carbocycles. The van der Waals surface area contributed by atoms with Gasteiger partial charge in [-0.2, -0.15) is 0 Å². The lowest BCUT2D eigenvalue weighted by Gasteiger charge is -2.31. The van der Waals surface area contributed by atoms with Crippen molar-refractivity contribution >= 4 is 9.84 Å². The van der Waals surface area contributed by atoms with Crippen LogP contribution >= 0.6 is 0 Å². The summed E-state index contributed by atoms with van der Waals surface area (Å²) in [4.78, 5) is 0.709. The molecule has 1 spiro atoms. The summed E-state index contributed by atoms with van der Waals surface area (Å²) in [5.41, 5.74) is 5.36. The van der Waals surface area contributed by atoms with Crippen molar-refractivity contribution in [2.24, 2.45) is 0 Å². The molecule has 4 aliphatic rings. The van der Waals surface area contributed by atoms with Gasteiger partial charge in [-0.25, -0.2) is 8.42 Å². The van der Waals surface area contributed by atoms with E-state index in [1.165, 1.54) is 0 Å². The van der Waals surface area contributed by atoms with E-state index >= 15 is 0 Å². The van der Waals surface area contributed by atoms with Gasteiger partial charge in [-0.3, -0.25) is 0 Å². The van der Waals surface area contributed by atoms with Crippen LogP contribution in [0.1, 0.15) is 11.1 Å². The first-order valence-corrected chi connectivity index (χ1v) is 14.8. The second-order valence-electron chi connectivity index (χ2n) is 10.7. The van der Waals surface area contributed by atoms with Crippen molar-refractivity contribution in [3.8, 4) is 51.1 Å². The van der Waals surface area contributed by atoms with Gasteiger partial charge in [-0.05, 0) is 52.7 Å². The SMILES string of the molecule is O=S1(=O)c2ccccc2-c2ccc(-c3cn4[n+](c3)C35c6c(cccc6Oc6cccc[n+]63)Oc3cccc-4c35)cc21. The van der Waals surface area contributed by atoms with Crippen LogP contribution in [0, 0.1) is 0 Å². The third-order valence-electron chi connectivity index (χ3n) is 8.70. The third kappa shape index (κ3) is 2.36. The minimum atomic E-state index is -3.59. The predicted molar refractivity (Wildman–Crippen MR) is 147 cm³/mol. The lowest BCUT2D eigenvalue weighted by molar-refractivity contribution is -0.997. The average Bonchev–Trinajstić information content (AvgIpc) is 3.62. The quantitative estimate of drug-likeness (QED) is 0.257. The Bertz CT molecular complexity index is 2290.